The quantitative estimate of drug-likeness (QED) is 0.339. The second-order valence-electron chi connectivity index (χ2n) is 7.45. The molecule has 0 bridgehead atoms. The number of carbonyl (C=O) groups is 2. The molecule has 0 saturated carbocycles. The van der Waals surface area contributed by atoms with Crippen LogP contribution in [0.2, 0.25) is 0 Å². The summed E-state index contributed by atoms with van der Waals surface area (Å²) in [5.41, 5.74) is 1.90. The van der Waals surface area contributed by atoms with E-state index in [1.54, 1.807) is 18.2 Å². The molecule has 0 unspecified atom stereocenters. The number of methoxy groups -OCH3 is 1. The number of ether oxygens (including phenoxy) is 2. The number of aliphatic carboxylic acids is 1. The number of benzene rings is 2. The Balaban J connectivity index is 1.40. The number of fused-ring (bicyclic) bond motifs is 1. The van der Waals surface area contributed by atoms with Crippen LogP contribution in [0.4, 0.5) is 4.39 Å². The highest BCUT2D eigenvalue weighted by atomic mass is 32.1. The fourth-order valence-corrected chi connectivity index (χ4v) is 4.43. The summed E-state index contributed by atoms with van der Waals surface area (Å²) >= 11 is 1.49. The first-order valence-corrected chi connectivity index (χ1v) is 11.3. The van der Waals surface area contributed by atoms with Gasteiger partial charge in [0.05, 0.1) is 6.61 Å². The molecule has 1 amide bonds. The first-order valence-electron chi connectivity index (χ1n) is 10.4. The molecular weight excluding hydrogens is 461 g/mol. The average Bonchev–Trinajstić information content (AvgIpc) is 3.51. The van der Waals surface area contributed by atoms with E-state index in [0.29, 0.717) is 16.9 Å². The minimum absolute atomic E-state index is 0.0302. The number of halogens is 1. The van der Waals surface area contributed by atoms with E-state index in [1.807, 2.05) is 29.6 Å². The molecule has 4 aromatic rings. The van der Waals surface area contributed by atoms with Crippen LogP contribution in [-0.2, 0) is 16.1 Å². The van der Waals surface area contributed by atoms with Gasteiger partial charge in [0.15, 0.2) is 5.76 Å². The zero-order chi connectivity index (χ0) is 24.1. The SMILES string of the molecule is COCCN(CC(=O)O)C(=O)c1ccc(COc2ccc(-c3ccc(F)c4ccsc34)cc2)o1. The van der Waals surface area contributed by atoms with Gasteiger partial charge in [-0.3, -0.25) is 9.59 Å². The number of hydrogen-bond acceptors (Lipinski definition) is 6. The number of carbonyl (C=O) groups excluding carboxylic acids is 1. The molecule has 176 valence electrons. The van der Waals surface area contributed by atoms with Crippen molar-refractivity contribution in [2.75, 3.05) is 26.8 Å². The minimum atomic E-state index is -1.12. The normalized spacial score (nSPS) is 11.0. The lowest BCUT2D eigenvalue weighted by Gasteiger charge is -2.18. The number of thiophene rings is 1. The third-order valence-electron chi connectivity index (χ3n) is 5.16. The van der Waals surface area contributed by atoms with Gasteiger partial charge in [0, 0.05) is 23.7 Å². The second kappa shape index (κ2) is 10.5. The van der Waals surface area contributed by atoms with Gasteiger partial charge in [-0.25, -0.2) is 4.39 Å². The zero-order valence-electron chi connectivity index (χ0n) is 18.3. The summed E-state index contributed by atoms with van der Waals surface area (Å²) in [6, 6.07) is 15.5. The van der Waals surface area contributed by atoms with Crippen LogP contribution in [0.15, 0.2) is 64.4 Å². The molecule has 0 spiro atoms. The Morgan fingerprint density at radius 2 is 1.88 bits per heavy atom. The van der Waals surface area contributed by atoms with Crippen LogP contribution in [0.5, 0.6) is 5.75 Å². The standard InChI is InChI=1S/C25H22FNO6S/c1-31-12-11-27(14-23(28)29)25(30)22-9-6-18(33-22)15-32-17-4-2-16(3-5-17)19-7-8-21(26)20-10-13-34-24(19)20/h2-10,13H,11-12,14-15H2,1H3,(H,28,29). The lowest BCUT2D eigenvalue weighted by atomic mass is 10.0. The Morgan fingerprint density at radius 3 is 2.62 bits per heavy atom. The molecule has 0 atom stereocenters. The van der Waals surface area contributed by atoms with Crippen LogP contribution >= 0.6 is 11.3 Å². The van der Waals surface area contributed by atoms with Crippen molar-refractivity contribution in [1.82, 2.24) is 4.90 Å². The van der Waals surface area contributed by atoms with Crippen molar-refractivity contribution < 1.29 is 33.0 Å². The minimum Gasteiger partial charge on any atom is -0.486 e. The van der Waals surface area contributed by atoms with Gasteiger partial charge in [-0.05, 0) is 52.9 Å². The van der Waals surface area contributed by atoms with Crippen LogP contribution < -0.4 is 4.74 Å². The monoisotopic (exact) mass is 483 g/mol. The van der Waals surface area contributed by atoms with Crippen molar-refractivity contribution >= 4 is 33.3 Å². The van der Waals surface area contributed by atoms with Crippen molar-refractivity contribution in [2.24, 2.45) is 0 Å². The van der Waals surface area contributed by atoms with E-state index >= 15 is 0 Å². The van der Waals surface area contributed by atoms with Gasteiger partial charge in [-0.2, -0.15) is 0 Å². The molecule has 34 heavy (non-hydrogen) atoms. The Labute approximate surface area is 198 Å². The van der Waals surface area contributed by atoms with E-state index in [1.165, 1.54) is 30.6 Å². The van der Waals surface area contributed by atoms with Crippen molar-refractivity contribution in [3.05, 3.63) is 77.3 Å². The van der Waals surface area contributed by atoms with E-state index in [2.05, 4.69) is 0 Å². The molecule has 0 saturated heterocycles. The second-order valence-corrected chi connectivity index (χ2v) is 8.37. The van der Waals surface area contributed by atoms with Gasteiger partial charge in [0.1, 0.15) is 30.5 Å². The van der Waals surface area contributed by atoms with Crippen LogP contribution in [0, 0.1) is 5.82 Å². The molecular formula is C25H22FNO6S. The van der Waals surface area contributed by atoms with Crippen molar-refractivity contribution in [1.29, 1.82) is 0 Å². The predicted octanol–water partition coefficient (Wildman–Crippen LogP) is 5.05. The van der Waals surface area contributed by atoms with E-state index in [-0.39, 0.29) is 31.3 Å². The molecule has 1 N–H and O–H groups in total. The summed E-state index contributed by atoms with van der Waals surface area (Å²) in [6.45, 7) is -0.0176. The summed E-state index contributed by atoms with van der Waals surface area (Å²) in [6.07, 6.45) is 0. The van der Waals surface area contributed by atoms with E-state index < -0.39 is 18.4 Å². The summed E-state index contributed by atoms with van der Waals surface area (Å²) in [5.74, 6) is -0.834. The summed E-state index contributed by atoms with van der Waals surface area (Å²) in [4.78, 5) is 24.8. The third-order valence-corrected chi connectivity index (χ3v) is 6.11. The molecule has 2 aromatic carbocycles. The van der Waals surface area contributed by atoms with Gasteiger partial charge < -0.3 is 23.9 Å². The van der Waals surface area contributed by atoms with Gasteiger partial charge in [0.25, 0.3) is 5.91 Å². The van der Waals surface area contributed by atoms with Crippen LogP contribution in [0.1, 0.15) is 16.3 Å². The Kier molecular flexibility index (Phi) is 7.24. The maximum atomic E-state index is 14.0. The number of carboxylic acids is 1. The molecule has 2 heterocycles. The fourth-order valence-electron chi connectivity index (χ4n) is 3.48. The van der Waals surface area contributed by atoms with Gasteiger partial charge in [-0.15, -0.1) is 11.3 Å². The summed E-state index contributed by atoms with van der Waals surface area (Å²) in [5, 5.41) is 11.5. The van der Waals surface area contributed by atoms with Gasteiger partial charge >= 0.3 is 5.97 Å². The average molecular weight is 484 g/mol. The number of furan rings is 1. The predicted molar refractivity (Wildman–Crippen MR) is 126 cm³/mol. The number of amides is 1. The number of carboxylic acid groups (broad SMARTS) is 1. The van der Waals surface area contributed by atoms with Crippen molar-refractivity contribution in [3.8, 4) is 16.9 Å². The van der Waals surface area contributed by atoms with Gasteiger partial charge in [0.2, 0.25) is 0 Å². The highest BCUT2D eigenvalue weighted by Gasteiger charge is 2.21. The van der Waals surface area contributed by atoms with Crippen LogP contribution in [0.25, 0.3) is 21.2 Å². The molecule has 0 aliphatic heterocycles. The Bertz CT molecular complexity index is 1300. The van der Waals surface area contributed by atoms with E-state index in [9.17, 15) is 14.0 Å². The summed E-state index contributed by atoms with van der Waals surface area (Å²) < 4.78 is 31.1. The fraction of sp³-hybridized carbons (Fsp3) is 0.200. The molecule has 2 aromatic heterocycles. The molecule has 0 aliphatic rings. The molecule has 0 aliphatic carbocycles. The van der Waals surface area contributed by atoms with Crippen LogP contribution in [0.3, 0.4) is 0 Å². The Hall–Kier alpha value is -3.69. The van der Waals surface area contributed by atoms with Crippen molar-refractivity contribution in [3.63, 3.8) is 0 Å². The highest BCUT2D eigenvalue weighted by Crippen LogP contribution is 2.34. The lowest BCUT2D eigenvalue weighted by Crippen LogP contribution is -2.37. The van der Waals surface area contributed by atoms with Crippen LogP contribution in [-0.4, -0.2) is 48.7 Å². The largest absolute Gasteiger partial charge is 0.486 e. The lowest BCUT2D eigenvalue weighted by molar-refractivity contribution is -0.137. The van der Waals surface area contributed by atoms with E-state index in [4.69, 9.17) is 19.0 Å². The molecule has 0 radical (unpaired) electrons. The molecule has 0 fully saturated rings. The van der Waals surface area contributed by atoms with Gasteiger partial charge in [-0.1, -0.05) is 18.2 Å². The number of hydrogen-bond donors (Lipinski definition) is 1. The smallest absolute Gasteiger partial charge is 0.323 e. The zero-order valence-corrected chi connectivity index (χ0v) is 19.1. The third kappa shape index (κ3) is 5.27. The molecule has 9 heteroatoms. The molecule has 4 rings (SSSR count). The first-order chi connectivity index (χ1) is 16.5. The van der Waals surface area contributed by atoms with E-state index in [0.717, 1.165) is 20.7 Å². The Morgan fingerprint density at radius 1 is 1.09 bits per heavy atom. The maximum absolute atomic E-state index is 14.0. The number of rotatable bonds is 10. The molecule has 7 nitrogen and oxygen atoms in total. The number of nitrogens with zero attached hydrogens (tertiary/aromatic N) is 1. The highest BCUT2D eigenvalue weighted by molar-refractivity contribution is 7.17. The maximum Gasteiger partial charge on any atom is 0.323 e. The van der Waals surface area contributed by atoms with Crippen molar-refractivity contribution in [2.45, 2.75) is 6.61 Å². The first kappa shape index (κ1) is 23.5. The summed E-state index contributed by atoms with van der Waals surface area (Å²) in [7, 11) is 1.47. The topological polar surface area (TPSA) is 89.2 Å².